The van der Waals surface area contributed by atoms with Gasteiger partial charge in [0.25, 0.3) is 0 Å². The van der Waals surface area contributed by atoms with E-state index in [0.29, 0.717) is 18.9 Å². The summed E-state index contributed by atoms with van der Waals surface area (Å²) in [5.74, 6) is 0.313. The van der Waals surface area contributed by atoms with E-state index in [2.05, 4.69) is 43.4 Å². The Morgan fingerprint density at radius 3 is 2.27 bits per heavy atom. The second-order valence-electron chi connectivity index (χ2n) is 12.0. The van der Waals surface area contributed by atoms with E-state index in [4.69, 9.17) is 20.9 Å². The number of hydrogen-bond donors (Lipinski definition) is 4. The largest absolute Gasteiger partial charge is 0.496 e. The van der Waals surface area contributed by atoms with Gasteiger partial charge in [-0.3, -0.25) is 9.59 Å². The number of rotatable bonds is 18. The zero-order valence-electron chi connectivity index (χ0n) is 25.7. The van der Waals surface area contributed by atoms with Crippen LogP contribution in [0.15, 0.2) is 24.3 Å². The van der Waals surface area contributed by atoms with Crippen molar-refractivity contribution < 1.29 is 24.2 Å². The summed E-state index contributed by atoms with van der Waals surface area (Å²) in [6.07, 6.45) is 5.83. The molecule has 9 heteroatoms. The zero-order chi connectivity index (χ0) is 29.8. The van der Waals surface area contributed by atoms with E-state index in [1.807, 2.05) is 19.9 Å². The number of nitrogens with two attached hydrogens (primary N) is 2. The molecule has 0 heterocycles. The number of aliphatic hydroxyl groups excluding tert-OH is 1. The third-order valence-corrected chi connectivity index (χ3v) is 7.60. The van der Waals surface area contributed by atoms with E-state index in [9.17, 15) is 14.7 Å². The summed E-state index contributed by atoms with van der Waals surface area (Å²) in [6, 6.07) is 5.74. The highest BCUT2D eigenvalue weighted by Gasteiger charge is 2.32. The molecule has 0 radical (unpaired) electrons. The normalized spacial score (nSPS) is 15.0. The minimum Gasteiger partial charge on any atom is -0.496 e. The van der Waals surface area contributed by atoms with Crippen LogP contribution in [-0.2, 0) is 20.7 Å². The Labute approximate surface area is 248 Å². The molecular formula is C31H54ClN3O5. The van der Waals surface area contributed by atoms with Crippen molar-refractivity contribution in [2.45, 2.75) is 79.4 Å². The average Bonchev–Trinajstić information content (AvgIpc) is 2.87. The lowest BCUT2D eigenvalue weighted by Crippen LogP contribution is -2.46. The minimum atomic E-state index is -0.849. The van der Waals surface area contributed by atoms with Gasteiger partial charge in [-0.25, -0.2) is 0 Å². The highest BCUT2D eigenvalue weighted by Crippen LogP contribution is 2.28. The lowest BCUT2D eigenvalue weighted by Gasteiger charge is -2.30. The molecule has 0 fully saturated rings. The highest BCUT2D eigenvalue weighted by atomic mass is 35.5. The Morgan fingerprint density at radius 2 is 1.75 bits per heavy atom. The lowest BCUT2D eigenvalue weighted by molar-refractivity contribution is -0.130. The molecule has 1 aromatic rings. The predicted octanol–water partition coefficient (Wildman–Crippen LogP) is 4.35. The van der Waals surface area contributed by atoms with Gasteiger partial charge in [0.05, 0.1) is 18.6 Å². The van der Waals surface area contributed by atoms with Crippen molar-refractivity contribution in [3.8, 4) is 5.75 Å². The van der Waals surface area contributed by atoms with Crippen LogP contribution >= 0.6 is 12.4 Å². The first kappa shape index (κ1) is 37.9. The topological polar surface area (TPSA) is 137 Å². The van der Waals surface area contributed by atoms with E-state index in [1.54, 1.807) is 28.1 Å². The Bertz CT molecular complexity index is 936. The fraction of sp³-hybridized carbons (Fsp3) is 0.677. The summed E-state index contributed by atoms with van der Waals surface area (Å²) in [5, 5.41) is 13.9. The van der Waals surface area contributed by atoms with Gasteiger partial charge in [-0.2, -0.15) is 0 Å². The Balaban J connectivity index is 0.0000152. The molecule has 2 amide bonds. The molecule has 0 aromatic heterocycles. The number of carbonyl (C=O) groups excluding carboxylic acids is 2. The number of primary amides is 1. The number of nitrogens with one attached hydrogen (secondary N) is 1. The monoisotopic (exact) mass is 583 g/mol. The van der Waals surface area contributed by atoms with Gasteiger partial charge in [-0.15, -0.1) is 12.4 Å². The van der Waals surface area contributed by atoms with Crippen LogP contribution in [0.3, 0.4) is 0 Å². The van der Waals surface area contributed by atoms with Crippen molar-refractivity contribution in [3.63, 3.8) is 0 Å². The van der Waals surface area contributed by atoms with Crippen molar-refractivity contribution in [1.29, 1.82) is 0 Å². The van der Waals surface area contributed by atoms with Crippen LogP contribution in [0.25, 0.3) is 6.08 Å². The molecule has 6 N–H and O–H groups in total. The van der Waals surface area contributed by atoms with E-state index >= 15 is 0 Å². The summed E-state index contributed by atoms with van der Waals surface area (Å²) in [6.45, 7) is 12.4. The zero-order valence-corrected chi connectivity index (χ0v) is 26.6. The first-order valence-electron chi connectivity index (χ1n) is 14.1. The van der Waals surface area contributed by atoms with E-state index in [1.165, 1.54) is 5.56 Å². The van der Waals surface area contributed by atoms with Gasteiger partial charge in [-0.05, 0) is 75.0 Å². The fourth-order valence-corrected chi connectivity index (χ4v) is 4.48. The number of ether oxygens (including phenoxy) is 2. The molecule has 1 aromatic carbocycles. The molecule has 4 atom stereocenters. The number of hydrogen-bond acceptors (Lipinski definition) is 6. The summed E-state index contributed by atoms with van der Waals surface area (Å²) in [4.78, 5) is 24.6. The van der Waals surface area contributed by atoms with E-state index < -0.39 is 29.4 Å². The third kappa shape index (κ3) is 12.6. The van der Waals surface area contributed by atoms with Crippen molar-refractivity contribution in [1.82, 2.24) is 5.32 Å². The van der Waals surface area contributed by atoms with Crippen LogP contribution in [0.5, 0.6) is 5.75 Å². The molecule has 0 spiro atoms. The summed E-state index contributed by atoms with van der Waals surface area (Å²) >= 11 is 0. The standard InChI is InChI=1S/C31H53N3O5.ClH/c1-20(2)24(16-22-12-13-28(39-8)23(15-22)11-9-10-14-38-7)17-26(32)27(35)18-25(21(3)4)29(36)34-19-31(5,6)30(33)37;/h9,11-13,15,20-21,24-27,35H,10,14,16-19,32H2,1-8H3,(H2,33,37)(H,34,36);1H/t24-,25-,26-,27-;/m0./s1. The van der Waals surface area contributed by atoms with Crippen LogP contribution in [-0.4, -0.2) is 56.4 Å². The maximum atomic E-state index is 12.9. The number of carbonyl (C=O) groups is 2. The summed E-state index contributed by atoms with van der Waals surface area (Å²) in [7, 11) is 3.36. The number of amides is 2. The molecule has 0 aliphatic carbocycles. The maximum absolute atomic E-state index is 12.9. The predicted molar refractivity (Wildman–Crippen MR) is 165 cm³/mol. The second-order valence-corrected chi connectivity index (χ2v) is 12.0. The van der Waals surface area contributed by atoms with Crippen molar-refractivity contribution in [3.05, 3.63) is 35.4 Å². The molecular weight excluding hydrogens is 530 g/mol. The molecule has 0 unspecified atom stereocenters. The van der Waals surface area contributed by atoms with Gasteiger partial charge in [0.1, 0.15) is 5.75 Å². The smallest absolute Gasteiger partial charge is 0.224 e. The van der Waals surface area contributed by atoms with Crippen LogP contribution < -0.4 is 21.5 Å². The molecule has 1 rings (SSSR count). The first-order chi connectivity index (χ1) is 18.2. The third-order valence-electron chi connectivity index (χ3n) is 7.60. The molecule has 230 valence electrons. The quantitative estimate of drug-likeness (QED) is 0.190. The molecule has 0 aliphatic heterocycles. The molecule has 0 saturated heterocycles. The Morgan fingerprint density at radius 1 is 1.10 bits per heavy atom. The summed E-state index contributed by atoms with van der Waals surface area (Å²) in [5.41, 5.74) is 13.3. The number of aliphatic hydroxyl groups is 1. The number of methoxy groups -OCH3 is 2. The Kier molecular flexibility index (Phi) is 17.4. The SMILES string of the molecule is COCCC=Cc1cc(C[C@@H](C[C@H](N)[C@@H](O)C[C@H](C(=O)NCC(C)(C)C(N)=O)C(C)C)C(C)C)ccc1OC.Cl. The summed E-state index contributed by atoms with van der Waals surface area (Å²) < 4.78 is 10.7. The van der Waals surface area contributed by atoms with E-state index in [-0.39, 0.29) is 43.1 Å². The Hall–Kier alpha value is -2.13. The fourth-order valence-electron chi connectivity index (χ4n) is 4.48. The number of halogens is 1. The van der Waals surface area contributed by atoms with E-state index in [0.717, 1.165) is 24.2 Å². The van der Waals surface area contributed by atoms with Gasteiger partial charge in [0.2, 0.25) is 11.8 Å². The molecule has 0 aliphatic rings. The van der Waals surface area contributed by atoms with Gasteiger partial charge in [0, 0.05) is 37.8 Å². The van der Waals surface area contributed by atoms with Crippen molar-refractivity contribution >= 4 is 30.3 Å². The van der Waals surface area contributed by atoms with Gasteiger partial charge < -0.3 is 31.4 Å². The molecule has 0 bridgehead atoms. The van der Waals surface area contributed by atoms with Crippen molar-refractivity contribution in [2.75, 3.05) is 27.4 Å². The van der Waals surface area contributed by atoms with Crippen LogP contribution in [0.1, 0.15) is 71.9 Å². The molecule has 40 heavy (non-hydrogen) atoms. The van der Waals surface area contributed by atoms with Gasteiger partial charge in [-0.1, -0.05) is 45.9 Å². The number of benzene rings is 1. The van der Waals surface area contributed by atoms with Crippen LogP contribution in [0.2, 0.25) is 0 Å². The highest BCUT2D eigenvalue weighted by molar-refractivity contribution is 5.85. The molecule has 8 nitrogen and oxygen atoms in total. The van der Waals surface area contributed by atoms with Crippen LogP contribution in [0, 0.1) is 29.1 Å². The van der Waals surface area contributed by atoms with Gasteiger partial charge >= 0.3 is 0 Å². The average molecular weight is 584 g/mol. The maximum Gasteiger partial charge on any atom is 0.224 e. The van der Waals surface area contributed by atoms with Crippen molar-refractivity contribution in [2.24, 2.45) is 40.6 Å². The molecule has 0 saturated carbocycles. The lowest BCUT2D eigenvalue weighted by atomic mass is 9.80. The minimum absolute atomic E-state index is 0. The van der Waals surface area contributed by atoms with Gasteiger partial charge in [0.15, 0.2) is 0 Å². The second kappa shape index (κ2) is 18.3. The first-order valence-corrected chi connectivity index (χ1v) is 14.1. The van der Waals surface area contributed by atoms with Crippen LogP contribution in [0.4, 0.5) is 0 Å².